The number of hydrogen-bond acceptors (Lipinski definition) is 0. The zero-order valence-corrected chi connectivity index (χ0v) is 28.9. The molecule has 0 amide bonds. The van der Waals surface area contributed by atoms with Crippen molar-refractivity contribution in [3.05, 3.63) is 115 Å². The maximum Gasteiger partial charge on any atom is -1.00 e. The normalized spacial score (nSPS) is 16.4. The van der Waals surface area contributed by atoms with Gasteiger partial charge in [-0.1, -0.05) is 0 Å². The molecule has 2 aliphatic rings. The summed E-state index contributed by atoms with van der Waals surface area (Å²) in [6, 6.07) is 21.4. The number of rotatable bonds is 4. The van der Waals surface area contributed by atoms with Gasteiger partial charge in [-0.2, -0.15) is 0 Å². The van der Waals surface area contributed by atoms with Crippen LogP contribution in [-0.4, -0.2) is 3.21 Å². The molecule has 3 aromatic carbocycles. The Hall–Kier alpha value is -1.53. The van der Waals surface area contributed by atoms with Gasteiger partial charge in [-0.15, -0.1) is 0 Å². The standard InChI is InChI=1S/C17H17.C10H15.C9H10.2ClH.Zr/c1-10-5-14-9-15-6-11(2)13(4)8-17(15)16(14)7-12(10)3;1-8-5-6-9(7-8)10(2,3)4;1-2-6-9-7-4-3-5-8-9;;;/h5-9H,1-4H3;6-8H,1-4H3;3-5,7-8H,2H2,1H3;2*1H;/q;;;;;+2/p-2. The summed E-state index contributed by atoms with van der Waals surface area (Å²) >= 11 is -2.50. The first kappa shape index (κ1) is 32.0. The number of aryl methyl sites for hydroxylation is 4. The van der Waals surface area contributed by atoms with E-state index >= 15 is 0 Å². The summed E-state index contributed by atoms with van der Waals surface area (Å²) in [7, 11) is 0. The number of allylic oxidation sites excluding steroid dienone is 4. The van der Waals surface area contributed by atoms with Crippen molar-refractivity contribution in [2.75, 3.05) is 0 Å². The summed E-state index contributed by atoms with van der Waals surface area (Å²) < 4.78 is 4.04. The number of halogens is 2. The van der Waals surface area contributed by atoms with Gasteiger partial charge in [0, 0.05) is 0 Å². The van der Waals surface area contributed by atoms with Gasteiger partial charge in [0.05, 0.1) is 0 Å². The van der Waals surface area contributed by atoms with E-state index in [1.165, 1.54) is 44.5 Å². The van der Waals surface area contributed by atoms with Gasteiger partial charge in [0.15, 0.2) is 0 Å². The van der Waals surface area contributed by atoms with E-state index in [1.807, 2.05) is 0 Å². The first-order valence-electron chi connectivity index (χ1n) is 14.0. The van der Waals surface area contributed by atoms with Crippen LogP contribution in [0.25, 0.3) is 11.1 Å². The SMILES string of the molecule is CC/[C](c1ccccc1)=[Zr+2](/[C]1=CC(C(C)(C)C)=CC1C)[CH]1c2cc(C)c(C)cc2-c2cc(C)c(C)cc21.[Cl-].[Cl-]. The molecule has 0 saturated carbocycles. The zero-order chi connectivity index (χ0) is 26.6. The number of hydrogen-bond donors (Lipinski definition) is 0. The third kappa shape index (κ3) is 5.80. The zero-order valence-electron chi connectivity index (χ0n) is 25.0. The minimum atomic E-state index is -2.50. The molecule has 1 atom stereocenters. The van der Waals surface area contributed by atoms with Crippen LogP contribution in [0.3, 0.4) is 0 Å². The molecule has 0 heterocycles. The van der Waals surface area contributed by atoms with E-state index in [1.54, 1.807) is 17.6 Å². The molecule has 39 heavy (non-hydrogen) atoms. The van der Waals surface area contributed by atoms with Gasteiger partial charge in [-0.05, 0) is 0 Å². The van der Waals surface area contributed by atoms with Crippen LogP contribution in [0.1, 0.15) is 83.6 Å². The van der Waals surface area contributed by atoms with Gasteiger partial charge >= 0.3 is 234 Å². The van der Waals surface area contributed by atoms with Crippen molar-refractivity contribution in [2.24, 2.45) is 11.3 Å². The largest absolute Gasteiger partial charge is 1.00 e. The molecule has 0 fully saturated rings. The Morgan fingerprint density at radius 3 is 1.69 bits per heavy atom. The number of benzene rings is 3. The van der Waals surface area contributed by atoms with Gasteiger partial charge in [0.25, 0.3) is 0 Å². The van der Waals surface area contributed by atoms with Crippen LogP contribution in [0.2, 0.25) is 0 Å². The van der Waals surface area contributed by atoms with Crippen LogP contribution >= 0.6 is 0 Å². The van der Waals surface area contributed by atoms with E-state index in [4.69, 9.17) is 0 Å². The smallest absolute Gasteiger partial charge is 1.00 e. The molecule has 2 aliphatic carbocycles. The maximum atomic E-state index is 2.65. The molecule has 0 bridgehead atoms. The fourth-order valence-electron chi connectivity index (χ4n) is 6.30. The van der Waals surface area contributed by atoms with Crippen molar-refractivity contribution < 1.29 is 46.1 Å². The van der Waals surface area contributed by atoms with Gasteiger partial charge in [0.1, 0.15) is 0 Å². The molecule has 0 radical (unpaired) electrons. The van der Waals surface area contributed by atoms with E-state index < -0.39 is 21.3 Å². The van der Waals surface area contributed by atoms with Gasteiger partial charge in [0.2, 0.25) is 0 Å². The van der Waals surface area contributed by atoms with Gasteiger partial charge < -0.3 is 24.8 Å². The van der Waals surface area contributed by atoms with E-state index in [0.29, 0.717) is 9.54 Å². The summed E-state index contributed by atoms with van der Waals surface area (Å²) in [5.74, 6) is 0.513. The van der Waals surface area contributed by atoms with Crippen molar-refractivity contribution >= 4 is 3.21 Å². The maximum absolute atomic E-state index is 2.65. The van der Waals surface area contributed by atoms with Crippen molar-refractivity contribution in [1.82, 2.24) is 0 Å². The molecule has 0 saturated heterocycles. The van der Waals surface area contributed by atoms with Gasteiger partial charge in [-0.25, -0.2) is 0 Å². The van der Waals surface area contributed by atoms with Crippen LogP contribution in [0.15, 0.2) is 75.6 Å². The molecule has 0 N–H and O–H groups in total. The Bertz CT molecular complexity index is 1430. The molecule has 0 spiro atoms. The van der Waals surface area contributed by atoms with Gasteiger partial charge in [-0.3, -0.25) is 0 Å². The van der Waals surface area contributed by atoms with Crippen LogP contribution in [0, 0.1) is 39.0 Å². The van der Waals surface area contributed by atoms with E-state index in [-0.39, 0.29) is 30.2 Å². The molecule has 1 unspecified atom stereocenters. The number of fused-ring (bicyclic) bond motifs is 3. The summed E-state index contributed by atoms with van der Waals surface area (Å²) in [4.78, 5) is 0. The molecule has 3 heteroatoms. The van der Waals surface area contributed by atoms with Crippen LogP contribution < -0.4 is 24.8 Å². The molecule has 0 aromatic heterocycles. The van der Waals surface area contributed by atoms with Crippen LogP contribution in [0.4, 0.5) is 0 Å². The molecule has 0 aliphatic heterocycles. The van der Waals surface area contributed by atoms with Crippen LogP contribution in [0.5, 0.6) is 0 Å². The Morgan fingerprint density at radius 1 is 0.769 bits per heavy atom. The monoisotopic (exact) mass is 634 g/mol. The molecule has 0 nitrogen and oxygen atoms in total. The van der Waals surface area contributed by atoms with Crippen LogP contribution in [-0.2, 0) is 21.3 Å². The second kappa shape index (κ2) is 12.1. The Morgan fingerprint density at radius 2 is 1.26 bits per heavy atom. The molecule has 204 valence electrons. The fourth-order valence-corrected chi connectivity index (χ4v) is 15.8. The molecule has 3 aromatic rings. The van der Waals surface area contributed by atoms with Crippen molar-refractivity contribution in [3.8, 4) is 11.1 Å². The van der Waals surface area contributed by atoms with E-state index in [0.717, 1.165) is 6.42 Å². The van der Waals surface area contributed by atoms with Crippen molar-refractivity contribution in [3.63, 3.8) is 0 Å². The Balaban J connectivity index is 0.00000210. The minimum absolute atomic E-state index is 0. The summed E-state index contributed by atoms with van der Waals surface area (Å²) in [5.41, 5.74) is 15.0. The topological polar surface area (TPSA) is 0 Å². The molecular formula is C36H42Cl2Zr. The van der Waals surface area contributed by atoms with Crippen molar-refractivity contribution in [2.45, 2.75) is 72.4 Å². The fraction of sp³-hybridized carbons (Fsp3) is 0.361. The summed E-state index contributed by atoms with van der Waals surface area (Å²) in [6.07, 6.45) is 6.36. The third-order valence-corrected chi connectivity index (χ3v) is 17.9. The molecular weight excluding hydrogens is 595 g/mol. The predicted molar refractivity (Wildman–Crippen MR) is 158 cm³/mol. The summed E-state index contributed by atoms with van der Waals surface area (Å²) in [6.45, 7) is 21.1. The Labute approximate surface area is 257 Å². The van der Waals surface area contributed by atoms with Crippen molar-refractivity contribution in [1.29, 1.82) is 0 Å². The van der Waals surface area contributed by atoms with E-state index in [2.05, 4.69) is 129 Å². The Kier molecular flexibility index (Phi) is 9.96. The second-order valence-electron chi connectivity index (χ2n) is 12.4. The quantitative estimate of drug-likeness (QED) is 0.410. The molecule has 5 rings (SSSR count). The average molecular weight is 637 g/mol. The summed E-state index contributed by atoms with van der Waals surface area (Å²) in [5, 5.41) is 0. The third-order valence-electron chi connectivity index (χ3n) is 8.74. The first-order valence-corrected chi connectivity index (χ1v) is 17.8. The first-order chi connectivity index (χ1) is 17.5. The second-order valence-corrected chi connectivity index (χ2v) is 18.7. The average Bonchev–Trinajstić information content (AvgIpc) is 3.37. The predicted octanol–water partition coefficient (Wildman–Crippen LogP) is 3.75. The van der Waals surface area contributed by atoms with E-state index in [9.17, 15) is 0 Å². The minimum Gasteiger partial charge on any atom is -1.00 e.